The number of amides is 2. The van der Waals surface area contributed by atoms with Crippen LogP contribution in [-0.2, 0) is 19.6 Å². The van der Waals surface area contributed by atoms with E-state index in [0.717, 1.165) is 24.0 Å². The van der Waals surface area contributed by atoms with Crippen LogP contribution in [0.3, 0.4) is 0 Å². The molecule has 1 heterocycles. The fraction of sp³-hybridized carbons (Fsp3) is 0.391. The fourth-order valence-corrected chi connectivity index (χ4v) is 5.74. The zero-order valence-electron chi connectivity index (χ0n) is 18.2. The summed E-state index contributed by atoms with van der Waals surface area (Å²) < 4.78 is 27.7. The number of hydrogen-bond acceptors (Lipinski definition) is 4. The monoisotopic (exact) mass is 477 g/mol. The van der Waals surface area contributed by atoms with Crippen LogP contribution in [0.25, 0.3) is 0 Å². The van der Waals surface area contributed by atoms with Gasteiger partial charge >= 0.3 is 11.8 Å². The number of benzene rings is 2. The summed E-state index contributed by atoms with van der Waals surface area (Å²) in [6, 6.07) is 11.4. The Morgan fingerprint density at radius 3 is 2.47 bits per heavy atom. The molecule has 0 unspecified atom stereocenters. The molecule has 1 saturated heterocycles. The van der Waals surface area contributed by atoms with Gasteiger partial charge in [0.2, 0.25) is 10.0 Å². The van der Waals surface area contributed by atoms with Gasteiger partial charge in [0.1, 0.15) is 0 Å². The first-order chi connectivity index (χ1) is 15.2. The van der Waals surface area contributed by atoms with E-state index in [0.29, 0.717) is 30.1 Å². The smallest absolute Gasteiger partial charge is 0.313 e. The summed E-state index contributed by atoms with van der Waals surface area (Å²) >= 11 is 5.89. The second kappa shape index (κ2) is 10.5. The molecule has 2 N–H and O–H groups in total. The van der Waals surface area contributed by atoms with E-state index < -0.39 is 21.8 Å². The molecule has 2 aromatic carbocycles. The Kier molecular flexibility index (Phi) is 7.92. The highest BCUT2D eigenvalue weighted by Crippen LogP contribution is 2.27. The van der Waals surface area contributed by atoms with Gasteiger partial charge in [-0.25, -0.2) is 8.42 Å². The summed E-state index contributed by atoms with van der Waals surface area (Å²) in [6.45, 7) is 4.44. The Hall–Kier alpha value is -2.42. The van der Waals surface area contributed by atoms with E-state index in [2.05, 4.69) is 10.6 Å². The maximum atomic E-state index is 13.1. The molecular formula is C23H28ClN3O4S. The molecule has 2 amide bonds. The van der Waals surface area contributed by atoms with Crippen LogP contribution in [0.15, 0.2) is 47.4 Å². The molecule has 9 heteroatoms. The first kappa shape index (κ1) is 24.2. The number of nitrogens with one attached hydrogen (secondary N) is 2. The molecule has 0 radical (unpaired) electrons. The van der Waals surface area contributed by atoms with E-state index in [1.165, 1.54) is 16.4 Å². The van der Waals surface area contributed by atoms with Gasteiger partial charge in [-0.2, -0.15) is 4.31 Å². The lowest BCUT2D eigenvalue weighted by atomic mass is 10.0. The summed E-state index contributed by atoms with van der Waals surface area (Å²) in [5.74, 6) is -1.49. The minimum atomic E-state index is -3.66. The molecule has 7 nitrogen and oxygen atoms in total. The first-order valence-corrected chi connectivity index (χ1v) is 12.4. The number of rotatable bonds is 6. The second-order valence-electron chi connectivity index (χ2n) is 8.04. The Bertz CT molecular complexity index is 1090. The average Bonchev–Trinajstić information content (AvgIpc) is 2.76. The van der Waals surface area contributed by atoms with Crippen LogP contribution in [0.2, 0.25) is 5.02 Å². The van der Waals surface area contributed by atoms with Crippen molar-refractivity contribution < 1.29 is 18.0 Å². The van der Waals surface area contributed by atoms with Crippen LogP contribution in [0, 0.1) is 13.8 Å². The van der Waals surface area contributed by atoms with Crippen LogP contribution < -0.4 is 10.6 Å². The maximum absolute atomic E-state index is 13.1. The van der Waals surface area contributed by atoms with Gasteiger partial charge in [-0.15, -0.1) is 0 Å². The number of carbonyl (C=O) groups excluding carboxylic acids is 2. The third kappa shape index (κ3) is 5.88. The van der Waals surface area contributed by atoms with Crippen molar-refractivity contribution in [1.82, 2.24) is 9.62 Å². The van der Waals surface area contributed by atoms with Crippen LogP contribution in [0.5, 0.6) is 0 Å². The molecule has 172 valence electrons. The van der Waals surface area contributed by atoms with Crippen LogP contribution in [0.4, 0.5) is 5.69 Å². The molecule has 0 aliphatic carbocycles. The highest BCUT2D eigenvalue weighted by molar-refractivity contribution is 7.89. The van der Waals surface area contributed by atoms with Crippen LogP contribution in [-0.4, -0.2) is 43.7 Å². The number of aryl methyl sites for hydroxylation is 2. The molecule has 0 bridgehead atoms. The highest BCUT2D eigenvalue weighted by atomic mass is 35.5. The molecule has 32 heavy (non-hydrogen) atoms. The largest absolute Gasteiger partial charge is 0.348 e. The van der Waals surface area contributed by atoms with Gasteiger partial charge < -0.3 is 10.6 Å². The van der Waals surface area contributed by atoms with E-state index in [1.807, 2.05) is 26.0 Å². The van der Waals surface area contributed by atoms with Crippen molar-refractivity contribution in [3.63, 3.8) is 0 Å². The fourth-order valence-electron chi connectivity index (χ4n) is 3.89. The van der Waals surface area contributed by atoms with E-state index in [1.54, 1.807) is 18.2 Å². The van der Waals surface area contributed by atoms with E-state index in [-0.39, 0.29) is 17.5 Å². The molecule has 3 rings (SSSR count). The van der Waals surface area contributed by atoms with E-state index in [4.69, 9.17) is 11.6 Å². The molecule has 1 fully saturated rings. The lowest BCUT2D eigenvalue weighted by Crippen LogP contribution is -2.45. The number of hydrogen-bond donors (Lipinski definition) is 2. The predicted octanol–water partition coefficient (Wildman–Crippen LogP) is 3.65. The predicted molar refractivity (Wildman–Crippen MR) is 125 cm³/mol. The molecule has 0 aromatic heterocycles. The summed E-state index contributed by atoms with van der Waals surface area (Å²) in [7, 11) is -3.66. The van der Waals surface area contributed by atoms with Crippen molar-refractivity contribution in [2.45, 2.75) is 50.5 Å². The number of anilines is 1. The molecule has 1 aliphatic rings. The zero-order valence-corrected chi connectivity index (χ0v) is 19.8. The number of sulfonamides is 1. The highest BCUT2D eigenvalue weighted by Gasteiger charge is 2.33. The molecule has 1 aliphatic heterocycles. The third-order valence-electron chi connectivity index (χ3n) is 5.59. The second-order valence-corrected chi connectivity index (χ2v) is 10.4. The van der Waals surface area contributed by atoms with Gasteiger partial charge in [0, 0.05) is 29.8 Å². The van der Waals surface area contributed by atoms with Crippen molar-refractivity contribution in [3.8, 4) is 0 Å². The maximum Gasteiger partial charge on any atom is 0.313 e. The Morgan fingerprint density at radius 2 is 1.78 bits per heavy atom. The zero-order chi connectivity index (χ0) is 23.3. The quantitative estimate of drug-likeness (QED) is 0.621. The summed E-state index contributed by atoms with van der Waals surface area (Å²) in [6.07, 6.45) is 2.83. The number of piperidine rings is 1. The number of halogens is 1. The number of carbonyl (C=O) groups is 2. The summed E-state index contributed by atoms with van der Waals surface area (Å²) in [5, 5.41) is 5.70. The van der Waals surface area contributed by atoms with Gasteiger partial charge in [-0.3, -0.25) is 9.59 Å². The lowest BCUT2D eigenvalue weighted by Gasteiger charge is -2.34. The van der Waals surface area contributed by atoms with Gasteiger partial charge in [0.25, 0.3) is 0 Å². The van der Waals surface area contributed by atoms with E-state index >= 15 is 0 Å². The van der Waals surface area contributed by atoms with Crippen molar-refractivity contribution in [2.75, 3.05) is 18.4 Å². The van der Waals surface area contributed by atoms with Gasteiger partial charge in [-0.1, -0.05) is 35.7 Å². The number of nitrogens with zero attached hydrogens (tertiary/aromatic N) is 1. The first-order valence-electron chi connectivity index (χ1n) is 10.6. The normalized spacial score (nSPS) is 17.0. The third-order valence-corrected chi connectivity index (χ3v) is 7.81. The molecule has 2 aromatic rings. The van der Waals surface area contributed by atoms with Crippen molar-refractivity contribution in [1.29, 1.82) is 0 Å². The van der Waals surface area contributed by atoms with Crippen LogP contribution in [0.1, 0.15) is 36.8 Å². The Balaban J connectivity index is 1.58. The van der Waals surface area contributed by atoms with Crippen molar-refractivity contribution in [2.24, 2.45) is 0 Å². The molecular weight excluding hydrogens is 450 g/mol. The molecule has 1 atom stereocenters. The summed E-state index contributed by atoms with van der Waals surface area (Å²) in [5.41, 5.74) is 2.52. The van der Waals surface area contributed by atoms with Gasteiger partial charge in [-0.05, 0) is 69.0 Å². The van der Waals surface area contributed by atoms with Crippen molar-refractivity contribution in [3.05, 3.63) is 58.6 Å². The van der Waals surface area contributed by atoms with Crippen LogP contribution >= 0.6 is 11.6 Å². The minimum absolute atomic E-state index is 0.200. The average molecular weight is 478 g/mol. The van der Waals surface area contributed by atoms with Crippen molar-refractivity contribution >= 4 is 39.1 Å². The lowest BCUT2D eigenvalue weighted by molar-refractivity contribution is -0.136. The summed E-state index contributed by atoms with van der Waals surface area (Å²) in [4.78, 5) is 24.7. The Morgan fingerprint density at radius 1 is 1.06 bits per heavy atom. The van der Waals surface area contributed by atoms with Gasteiger partial charge in [0.05, 0.1) is 4.90 Å². The van der Waals surface area contributed by atoms with E-state index in [9.17, 15) is 18.0 Å². The molecule has 0 spiro atoms. The standard InChI is InChI=1S/C23H28ClN3O4S/c1-16-6-11-21(17(2)15-16)26-23(29)22(28)25-13-12-19-5-3-4-14-27(19)32(30,31)20-9-7-18(24)8-10-20/h6-11,15,19H,3-5,12-14H2,1-2H3,(H,25,28)(H,26,29)/t19-/m0/s1. The topological polar surface area (TPSA) is 95.6 Å². The van der Waals surface area contributed by atoms with Gasteiger partial charge in [0.15, 0.2) is 0 Å². The minimum Gasteiger partial charge on any atom is -0.348 e. The molecule has 0 saturated carbocycles. The SMILES string of the molecule is Cc1ccc(NC(=O)C(=O)NCC[C@@H]2CCCCN2S(=O)(=O)c2ccc(Cl)cc2)c(C)c1. The Labute approximate surface area is 194 Å².